The van der Waals surface area contributed by atoms with Crippen molar-refractivity contribution in [3.8, 4) is 0 Å². The van der Waals surface area contributed by atoms with Crippen molar-refractivity contribution < 1.29 is 9.46 Å². The van der Waals surface area contributed by atoms with Gasteiger partial charge in [-0.25, -0.2) is 0 Å². The van der Waals surface area contributed by atoms with Crippen molar-refractivity contribution in [3.63, 3.8) is 0 Å². The first-order valence-corrected chi connectivity index (χ1v) is 6.80. The topological polar surface area (TPSA) is 40.1 Å². The molecule has 0 N–H and O–H groups in total. The van der Waals surface area contributed by atoms with Crippen molar-refractivity contribution in [2.45, 2.75) is 41.5 Å². The lowest BCUT2D eigenvalue weighted by Gasteiger charge is -2.24. The molecule has 2 unspecified atom stereocenters. The van der Waals surface area contributed by atoms with E-state index >= 15 is 0 Å². The second-order valence-corrected chi connectivity index (χ2v) is 7.53. The summed E-state index contributed by atoms with van der Waals surface area (Å²) in [5.41, 5.74) is 0.925. The molecule has 0 radical (unpaired) electrons. The zero-order valence-electron chi connectivity index (χ0n) is 11.0. The molecule has 0 aliphatic heterocycles. The lowest BCUT2D eigenvalue weighted by molar-refractivity contribution is -0.162. The van der Waals surface area contributed by atoms with E-state index in [4.69, 9.17) is 0 Å². The van der Waals surface area contributed by atoms with Gasteiger partial charge in [0.1, 0.15) is 0 Å². The standard InChI is InChI=1S/C13H21O2P/c1-12(2,3)9-7-10(13(4,5)6)11(8-9)16(14)15/h7-9H,1-6H3. The Kier molecular flexibility index (Phi) is 3.47. The van der Waals surface area contributed by atoms with E-state index in [-0.39, 0.29) is 16.7 Å². The van der Waals surface area contributed by atoms with Crippen molar-refractivity contribution in [2.75, 3.05) is 0 Å². The molecule has 1 rings (SSSR count). The van der Waals surface area contributed by atoms with Crippen molar-refractivity contribution >= 4 is 8.03 Å². The molecule has 0 bridgehead atoms. The van der Waals surface area contributed by atoms with Crippen LogP contribution in [0.1, 0.15) is 41.5 Å². The van der Waals surface area contributed by atoms with Gasteiger partial charge in [0.15, 0.2) is 5.31 Å². The van der Waals surface area contributed by atoms with Gasteiger partial charge in [-0.2, -0.15) is 0 Å². The summed E-state index contributed by atoms with van der Waals surface area (Å²) in [7, 11) is -2.49. The highest BCUT2D eigenvalue weighted by Gasteiger charge is 2.37. The molecule has 0 spiro atoms. The summed E-state index contributed by atoms with van der Waals surface area (Å²) in [4.78, 5) is 11.3. The molecular formula is C13H21O2P. The minimum atomic E-state index is -2.49. The molecule has 0 aromatic carbocycles. The molecule has 16 heavy (non-hydrogen) atoms. The first-order chi connectivity index (χ1) is 7.03. The van der Waals surface area contributed by atoms with Gasteiger partial charge in [-0.05, 0) is 16.9 Å². The van der Waals surface area contributed by atoms with E-state index in [1.54, 1.807) is 0 Å². The summed E-state index contributed by atoms with van der Waals surface area (Å²) in [6, 6.07) is 0. The molecular weight excluding hydrogens is 219 g/mol. The van der Waals surface area contributed by atoms with Crippen LogP contribution in [0.4, 0.5) is 0 Å². The summed E-state index contributed by atoms with van der Waals surface area (Å²) in [5, 5.41) is 0.516. The van der Waals surface area contributed by atoms with Crippen LogP contribution in [0.15, 0.2) is 23.0 Å². The van der Waals surface area contributed by atoms with Gasteiger partial charge in [0.05, 0.1) is 0 Å². The average molecular weight is 240 g/mol. The maximum atomic E-state index is 11.3. The average Bonchev–Trinajstić information content (AvgIpc) is 2.44. The van der Waals surface area contributed by atoms with Gasteiger partial charge in [-0.15, -0.1) is 0 Å². The third kappa shape index (κ3) is 2.81. The maximum absolute atomic E-state index is 11.3. The second-order valence-electron chi connectivity index (χ2n) is 6.53. The molecule has 0 aromatic rings. The Labute approximate surface area is 99.3 Å². The van der Waals surface area contributed by atoms with Crippen LogP contribution in [0.25, 0.3) is 0 Å². The number of hydrogen-bond acceptors (Lipinski definition) is 2. The highest BCUT2D eigenvalue weighted by atomic mass is 31.1. The number of hydrogen-bond donors (Lipinski definition) is 0. The molecule has 0 heterocycles. The maximum Gasteiger partial charge on any atom is 0.348 e. The third-order valence-corrected chi connectivity index (χ3v) is 3.75. The molecule has 2 nitrogen and oxygen atoms in total. The summed E-state index contributed by atoms with van der Waals surface area (Å²) >= 11 is 0. The Morgan fingerprint density at radius 2 is 1.62 bits per heavy atom. The lowest BCUT2D eigenvalue weighted by Crippen LogP contribution is -2.15. The Hall–Kier alpha value is -0.460. The fourth-order valence-electron chi connectivity index (χ4n) is 1.87. The zero-order chi connectivity index (χ0) is 12.7. The minimum absolute atomic E-state index is 0.0730. The van der Waals surface area contributed by atoms with Crippen LogP contribution in [0, 0.1) is 16.7 Å². The largest absolute Gasteiger partial charge is 0.591 e. The van der Waals surface area contributed by atoms with Crippen molar-refractivity contribution in [2.24, 2.45) is 16.7 Å². The van der Waals surface area contributed by atoms with E-state index in [0.29, 0.717) is 5.31 Å². The monoisotopic (exact) mass is 240 g/mol. The fraction of sp³-hybridized carbons (Fsp3) is 0.692. The van der Waals surface area contributed by atoms with Crippen LogP contribution in [0.3, 0.4) is 0 Å². The van der Waals surface area contributed by atoms with Crippen molar-refractivity contribution in [3.05, 3.63) is 23.0 Å². The third-order valence-electron chi connectivity index (χ3n) is 2.96. The summed E-state index contributed by atoms with van der Waals surface area (Å²) in [6.45, 7) is 12.5. The summed E-state index contributed by atoms with van der Waals surface area (Å²) in [5.74, 6) is 0.213. The first-order valence-electron chi connectivity index (χ1n) is 5.62. The van der Waals surface area contributed by atoms with Crippen molar-refractivity contribution in [1.29, 1.82) is 0 Å². The SMILES string of the molecule is CC(C)(C)C1=CC(C(C)(C)C)C=C1[P+](=O)[O-]. The minimum Gasteiger partial charge on any atom is -0.591 e. The molecule has 1 aliphatic rings. The number of rotatable bonds is 1. The van der Waals surface area contributed by atoms with Crippen LogP contribution in [-0.4, -0.2) is 0 Å². The van der Waals surface area contributed by atoms with Gasteiger partial charge in [0.2, 0.25) is 0 Å². The van der Waals surface area contributed by atoms with E-state index in [0.717, 1.165) is 5.57 Å². The molecule has 1 aliphatic carbocycles. The van der Waals surface area contributed by atoms with Gasteiger partial charge in [0.25, 0.3) is 0 Å². The highest BCUT2D eigenvalue weighted by molar-refractivity contribution is 7.42. The predicted octanol–water partition coefficient (Wildman–Crippen LogP) is 3.62. The van der Waals surface area contributed by atoms with Crippen molar-refractivity contribution in [1.82, 2.24) is 0 Å². The van der Waals surface area contributed by atoms with Gasteiger partial charge in [0, 0.05) is 11.5 Å². The molecule has 0 amide bonds. The molecule has 0 saturated heterocycles. The number of allylic oxidation sites excluding steroid dienone is 4. The van der Waals surface area contributed by atoms with E-state index in [2.05, 4.69) is 47.6 Å². The summed E-state index contributed by atoms with van der Waals surface area (Å²) in [6.07, 6.45) is 4.01. The molecule has 90 valence electrons. The fourth-order valence-corrected chi connectivity index (χ4v) is 2.76. The summed E-state index contributed by atoms with van der Waals surface area (Å²) < 4.78 is 11.3. The van der Waals surface area contributed by atoms with Crippen LogP contribution in [-0.2, 0) is 4.57 Å². The Morgan fingerprint density at radius 1 is 1.12 bits per heavy atom. The molecule has 0 saturated carbocycles. The van der Waals surface area contributed by atoms with E-state index < -0.39 is 8.03 Å². The van der Waals surface area contributed by atoms with E-state index in [1.165, 1.54) is 0 Å². The first kappa shape index (κ1) is 13.6. The smallest absolute Gasteiger partial charge is 0.348 e. The highest BCUT2D eigenvalue weighted by Crippen LogP contribution is 2.48. The van der Waals surface area contributed by atoms with Crippen LogP contribution in [0.5, 0.6) is 0 Å². The molecule has 2 atom stereocenters. The van der Waals surface area contributed by atoms with E-state index in [9.17, 15) is 9.46 Å². The predicted molar refractivity (Wildman–Crippen MR) is 66.2 cm³/mol. The molecule has 0 aromatic heterocycles. The van der Waals surface area contributed by atoms with Gasteiger partial charge in [-0.3, -0.25) is 0 Å². The van der Waals surface area contributed by atoms with Crippen LogP contribution >= 0.6 is 8.03 Å². The zero-order valence-corrected chi connectivity index (χ0v) is 11.9. The van der Waals surface area contributed by atoms with Gasteiger partial charge in [-0.1, -0.05) is 52.2 Å². The Morgan fingerprint density at radius 3 is 1.88 bits per heavy atom. The quantitative estimate of drug-likeness (QED) is 0.657. The van der Waals surface area contributed by atoms with Crippen LogP contribution < -0.4 is 4.89 Å². The second kappa shape index (κ2) is 4.09. The molecule has 3 heteroatoms. The molecule has 0 fully saturated rings. The normalized spacial score (nSPS) is 22.9. The van der Waals surface area contributed by atoms with Crippen LogP contribution in [0.2, 0.25) is 0 Å². The Bertz CT molecular complexity index is 364. The van der Waals surface area contributed by atoms with Gasteiger partial charge >= 0.3 is 8.03 Å². The van der Waals surface area contributed by atoms with E-state index in [1.807, 2.05) is 6.08 Å². The lowest BCUT2D eigenvalue weighted by atomic mass is 9.80. The Balaban J connectivity index is 3.18. The van der Waals surface area contributed by atoms with Gasteiger partial charge < -0.3 is 4.89 Å².